The summed E-state index contributed by atoms with van der Waals surface area (Å²) in [6.07, 6.45) is 6.58. The summed E-state index contributed by atoms with van der Waals surface area (Å²) in [4.78, 5) is 0. The molecule has 0 N–H and O–H groups in total. The van der Waals surface area contributed by atoms with Crippen LogP contribution in [-0.2, 0) is 24.2 Å². The van der Waals surface area contributed by atoms with Gasteiger partial charge < -0.3 is 4.74 Å². The van der Waals surface area contributed by atoms with Crippen molar-refractivity contribution in [1.82, 2.24) is 0 Å². The molecule has 281 valence electrons. The van der Waals surface area contributed by atoms with E-state index >= 15 is 0 Å². The van der Waals surface area contributed by atoms with Crippen molar-refractivity contribution >= 4 is 42.6 Å². The summed E-state index contributed by atoms with van der Waals surface area (Å²) >= 11 is 0. The maximum absolute atomic E-state index is 9.14. The van der Waals surface area contributed by atoms with E-state index in [0.29, 0.717) is 0 Å². The molecular formula is C50H53NOP2Ru+. The van der Waals surface area contributed by atoms with Crippen molar-refractivity contribution in [2.45, 2.75) is 60.5 Å². The first kappa shape index (κ1) is 44.3. The Morgan fingerprint density at radius 3 is 1.11 bits per heavy atom. The Morgan fingerprint density at radius 2 is 0.818 bits per heavy atom. The number of benzene rings is 5. The van der Waals surface area contributed by atoms with Gasteiger partial charge in [0, 0.05) is 0 Å². The van der Waals surface area contributed by atoms with Gasteiger partial charge in [0.05, 0.1) is 17.6 Å². The molecule has 5 heteroatoms. The fourth-order valence-corrected chi connectivity index (χ4v) is 11.7. The molecule has 2 aliphatic rings. The van der Waals surface area contributed by atoms with Gasteiger partial charge in [-0.15, -0.1) is 12.1 Å². The minimum atomic E-state index is -0.472. The largest absolute Gasteiger partial charge is 2.00 e. The van der Waals surface area contributed by atoms with Crippen LogP contribution in [0.15, 0.2) is 152 Å². The predicted molar refractivity (Wildman–Crippen MR) is 234 cm³/mol. The molecule has 0 aromatic heterocycles. The fraction of sp³-hybridized carbons (Fsp3) is 0.240. The first-order valence-electron chi connectivity index (χ1n) is 18.8. The second-order valence-electron chi connectivity index (χ2n) is 14.3. The van der Waals surface area contributed by atoms with Crippen LogP contribution in [0.5, 0.6) is 0 Å². The van der Waals surface area contributed by atoms with Crippen LogP contribution in [0.2, 0.25) is 0 Å². The Hall–Kier alpha value is -3.39. The van der Waals surface area contributed by atoms with Crippen LogP contribution in [0.25, 0.3) is 5.57 Å². The number of ether oxygens (including phenoxy) is 1. The van der Waals surface area contributed by atoms with Gasteiger partial charge in [0.15, 0.2) is 0 Å². The van der Waals surface area contributed by atoms with Crippen molar-refractivity contribution in [2.75, 3.05) is 12.3 Å². The maximum atomic E-state index is 9.14. The van der Waals surface area contributed by atoms with E-state index in [9.17, 15) is 0 Å². The maximum Gasteiger partial charge on any atom is 2.00 e. The normalized spacial score (nSPS) is 17.2. The molecule has 1 fully saturated rings. The number of nitriles is 1. The molecule has 2 nitrogen and oxygen atoms in total. The number of rotatable bonds is 9. The van der Waals surface area contributed by atoms with Crippen molar-refractivity contribution in [3.63, 3.8) is 0 Å². The fourth-order valence-electron chi connectivity index (χ4n) is 6.75. The third-order valence-corrected chi connectivity index (χ3v) is 15.7. The zero-order valence-electron chi connectivity index (χ0n) is 33.2. The van der Waals surface area contributed by atoms with Gasteiger partial charge in [-0.05, 0) is 99.2 Å². The summed E-state index contributed by atoms with van der Waals surface area (Å²) in [5, 5.41) is 15.1. The first-order valence-corrected chi connectivity index (χ1v) is 21.9. The van der Waals surface area contributed by atoms with Gasteiger partial charge in [-0.1, -0.05) is 180 Å². The van der Waals surface area contributed by atoms with Crippen molar-refractivity contribution in [2.24, 2.45) is 5.92 Å². The predicted octanol–water partition coefficient (Wildman–Crippen LogP) is 11.4. The summed E-state index contributed by atoms with van der Waals surface area (Å²) in [7, 11) is -0.618. The summed E-state index contributed by atoms with van der Waals surface area (Å²) in [6, 6.07) is 56.3. The number of nitrogens with zero attached hydrogens (tertiary/aromatic N) is 1. The van der Waals surface area contributed by atoms with Gasteiger partial charge in [-0.2, -0.15) is 16.4 Å². The summed E-state index contributed by atoms with van der Waals surface area (Å²) in [5.74, 6) is 7.09. The molecule has 1 saturated carbocycles. The molecule has 1 aliphatic carbocycles. The van der Waals surface area contributed by atoms with Crippen molar-refractivity contribution in [3.05, 3.63) is 193 Å². The van der Waals surface area contributed by atoms with Crippen LogP contribution >= 0.6 is 15.8 Å². The molecule has 0 amide bonds. The molecule has 1 heterocycles. The molecule has 0 spiro atoms. The summed E-state index contributed by atoms with van der Waals surface area (Å²) < 4.78 is 5.40. The van der Waals surface area contributed by atoms with Crippen molar-refractivity contribution in [3.8, 4) is 6.07 Å². The van der Waals surface area contributed by atoms with Gasteiger partial charge >= 0.3 is 19.5 Å². The zero-order valence-corrected chi connectivity index (χ0v) is 36.8. The van der Waals surface area contributed by atoms with Crippen LogP contribution in [0.3, 0.4) is 0 Å². The van der Waals surface area contributed by atoms with Gasteiger partial charge in [0.1, 0.15) is 0 Å². The third kappa shape index (κ3) is 11.8. The standard InChI is InChI=1S/C27H26P2.C13H12NO.C10H15.Ru/c1-5-14-24(15-6-1)28(25-16-7-2-8-17-25)22-13-23-29(26-18-9-3-10-19-26)27-20-11-4-12-21-27;1-13(2)12(8-14)11(9-15-13)10-6-4-3-5-7-10;1-6-7(2)9(4)10(5)8(6)3;/h1-12,14-21H,13,22-23H2;3-7,12H,1-2H3;1-5H3;/q;-1;;+2. The molecule has 5 radical (unpaired) electrons. The molecular weight excluding hydrogens is 794 g/mol. The van der Waals surface area contributed by atoms with Crippen LogP contribution in [0, 0.1) is 53.1 Å². The van der Waals surface area contributed by atoms with Crippen LogP contribution < -0.4 is 21.2 Å². The Morgan fingerprint density at radius 1 is 0.527 bits per heavy atom. The Bertz CT molecular complexity index is 1690. The smallest absolute Gasteiger partial charge is 0.587 e. The number of hydrogen-bond acceptors (Lipinski definition) is 2. The Balaban J connectivity index is 0.000000215. The monoisotopic (exact) mass is 847 g/mol. The van der Waals surface area contributed by atoms with Gasteiger partial charge in [-0.25, -0.2) is 0 Å². The van der Waals surface area contributed by atoms with E-state index in [1.165, 1.54) is 69.6 Å². The second kappa shape index (κ2) is 21.8. The number of hydrogen-bond donors (Lipinski definition) is 0. The minimum Gasteiger partial charge on any atom is -0.587 e. The van der Waals surface area contributed by atoms with Crippen LogP contribution in [0.4, 0.5) is 0 Å². The van der Waals surface area contributed by atoms with E-state index in [1.807, 2.05) is 44.2 Å². The molecule has 55 heavy (non-hydrogen) atoms. The zero-order chi connectivity index (χ0) is 38.5. The topological polar surface area (TPSA) is 33.0 Å². The van der Waals surface area contributed by atoms with Crippen molar-refractivity contribution in [1.29, 1.82) is 5.26 Å². The van der Waals surface area contributed by atoms with Crippen LogP contribution in [0.1, 0.15) is 60.5 Å². The van der Waals surface area contributed by atoms with E-state index in [0.717, 1.165) is 11.1 Å². The van der Waals surface area contributed by atoms with E-state index in [4.69, 9.17) is 10.00 Å². The summed E-state index contributed by atoms with van der Waals surface area (Å²) in [5.41, 5.74) is 1.39. The molecule has 1 aliphatic heterocycles. The molecule has 5 aromatic carbocycles. The SMILES string of the molecule is CC1(C)O[C-]=C(c2ccccc2)C1C#N.C[C]1[C](C)[C](C)[C](C)[C]1C.[Ru+2].c1ccc(P(CCCP(c2ccccc2)c2ccccc2)c2ccccc2)cc1. The quantitative estimate of drug-likeness (QED) is 0.0841. The van der Waals surface area contributed by atoms with E-state index in [1.54, 1.807) is 0 Å². The Labute approximate surface area is 348 Å². The van der Waals surface area contributed by atoms with Gasteiger partial charge in [0.2, 0.25) is 0 Å². The average Bonchev–Trinajstić information content (AvgIpc) is 3.62. The Kier molecular flexibility index (Phi) is 17.6. The van der Waals surface area contributed by atoms with Gasteiger partial charge in [-0.3, -0.25) is 0 Å². The van der Waals surface area contributed by atoms with Gasteiger partial charge in [0.25, 0.3) is 0 Å². The molecule has 0 saturated heterocycles. The molecule has 0 bridgehead atoms. The summed E-state index contributed by atoms with van der Waals surface area (Å²) in [6.45, 7) is 14.8. The van der Waals surface area contributed by atoms with E-state index < -0.39 is 5.60 Å². The molecule has 1 atom stereocenters. The minimum absolute atomic E-state index is 0. The molecule has 7 rings (SSSR count). The average molecular weight is 847 g/mol. The second-order valence-corrected chi connectivity index (χ2v) is 18.9. The van der Waals surface area contributed by atoms with Crippen LogP contribution in [-0.4, -0.2) is 17.9 Å². The molecule has 5 aromatic rings. The third-order valence-electron chi connectivity index (χ3n) is 10.5. The van der Waals surface area contributed by atoms with E-state index in [2.05, 4.69) is 168 Å². The molecule has 1 unspecified atom stereocenters. The van der Waals surface area contributed by atoms with Crippen molar-refractivity contribution < 1.29 is 24.2 Å². The van der Waals surface area contributed by atoms with E-state index in [-0.39, 0.29) is 41.2 Å². The first-order chi connectivity index (χ1) is 26.1.